The standard InChI is InChI=1S/C26H22N4O3/c1-3-33-26(32)20-8-10-21(11-9-20)29-25(31)22-16-28-24(19-6-4-17(2)5-7-19)30-23(22)18-12-14-27-15-13-18/h4-16H,3H2,1-2H3,(H,29,31). The Morgan fingerprint density at radius 3 is 2.27 bits per heavy atom. The lowest BCUT2D eigenvalue weighted by atomic mass is 10.1. The van der Waals surface area contributed by atoms with Crippen molar-refractivity contribution in [3.63, 3.8) is 0 Å². The van der Waals surface area contributed by atoms with Crippen LogP contribution in [0.3, 0.4) is 0 Å². The Labute approximate surface area is 191 Å². The van der Waals surface area contributed by atoms with Gasteiger partial charge in [0.25, 0.3) is 5.91 Å². The number of esters is 1. The van der Waals surface area contributed by atoms with E-state index >= 15 is 0 Å². The lowest BCUT2D eigenvalue weighted by Gasteiger charge is -2.12. The summed E-state index contributed by atoms with van der Waals surface area (Å²) in [5.74, 6) is -0.242. The summed E-state index contributed by atoms with van der Waals surface area (Å²) in [6, 6.07) is 18.0. The molecule has 0 atom stereocenters. The Bertz CT molecular complexity index is 1270. The van der Waals surface area contributed by atoms with Crippen LogP contribution in [0, 0.1) is 6.92 Å². The number of benzene rings is 2. The first-order chi connectivity index (χ1) is 16.0. The smallest absolute Gasteiger partial charge is 0.338 e. The van der Waals surface area contributed by atoms with Crippen molar-refractivity contribution in [2.24, 2.45) is 0 Å². The molecule has 0 fully saturated rings. The van der Waals surface area contributed by atoms with Gasteiger partial charge in [-0.25, -0.2) is 14.8 Å². The molecule has 0 aliphatic rings. The van der Waals surface area contributed by atoms with Gasteiger partial charge in [-0.05, 0) is 50.2 Å². The van der Waals surface area contributed by atoms with Crippen LogP contribution in [0.15, 0.2) is 79.3 Å². The summed E-state index contributed by atoms with van der Waals surface area (Å²) in [7, 11) is 0. The van der Waals surface area contributed by atoms with Gasteiger partial charge in [0.2, 0.25) is 0 Å². The molecule has 0 radical (unpaired) electrons. The fraction of sp³-hybridized carbons (Fsp3) is 0.115. The van der Waals surface area contributed by atoms with E-state index in [-0.39, 0.29) is 5.91 Å². The van der Waals surface area contributed by atoms with Gasteiger partial charge in [-0.3, -0.25) is 9.78 Å². The van der Waals surface area contributed by atoms with Crippen molar-refractivity contribution in [2.75, 3.05) is 11.9 Å². The van der Waals surface area contributed by atoms with Gasteiger partial charge in [0.05, 0.1) is 23.4 Å². The molecule has 2 aromatic carbocycles. The highest BCUT2D eigenvalue weighted by Crippen LogP contribution is 2.25. The number of aryl methyl sites for hydroxylation is 1. The lowest BCUT2D eigenvalue weighted by molar-refractivity contribution is 0.0526. The van der Waals surface area contributed by atoms with Crippen molar-refractivity contribution in [3.05, 3.63) is 95.9 Å². The molecule has 0 saturated heterocycles. The molecule has 1 N–H and O–H groups in total. The fourth-order valence-corrected chi connectivity index (χ4v) is 3.22. The number of anilines is 1. The number of hydrogen-bond acceptors (Lipinski definition) is 6. The second-order valence-corrected chi connectivity index (χ2v) is 7.31. The average molecular weight is 438 g/mol. The molecule has 0 saturated carbocycles. The van der Waals surface area contributed by atoms with Crippen molar-refractivity contribution < 1.29 is 14.3 Å². The predicted octanol–water partition coefficient (Wildman–Crippen LogP) is 4.94. The van der Waals surface area contributed by atoms with Gasteiger partial charge < -0.3 is 10.1 Å². The Morgan fingerprint density at radius 1 is 0.909 bits per heavy atom. The largest absolute Gasteiger partial charge is 0.462 e. The van der Waals surface area contributed by atoms with E-state index in [0.29, 0.717) is 34.9 Å². The van der Waals surface area contributed by atoms with Crippen LogP contribution in [0.1, 0.15) is 33.2 Å². The summed E-state index contributed by atoms with van der Waals surface area (Å²) in [4.78, 5) is 38.2. The summed E-state index contributed by atoms with van der Waals surface area (Å²) in [5, 5.41) is 2.85. The molecule has 7 nitrogen and oxygen atoms in total. The minimum absolute atomic E-state index is 0.299. The second-order valence-electron chi connectivity index (χ2n) is 7.31. The third-order valence-electron chi connectivity index (χ3n) is 4.95. The molecule has 1 amide bonds. The molecular formula is C26H22N4O3. The molecule has 2 aromatic heterocycles. The highest BCUT2D eigenvalue weighted by molar-refractivity contribution is 6.08. The molecule has 0 bridgehead atoms. The second kappa shape index (κ2) is 9.82. The van der Waals surface area contributed by atoms with Gasteiger partial charge in [-0.15, -0.1) is 0 Å². The molecule has 0 unspecified atom stereocenters. The summed E-state index contributed by atoms with van der Waals surface area (Å²) in [5.41, 5.74) is 4.53. The monoisotopic (exact) mass is 438 g/mol. The predicted molar refractivity (Wildman–Crippen MR) is 126 cm³/mol. The van der Waals surface area contributed by atoms with Crippen molar-refractivity contribution in [3.8, 4) is 22.6 Å². The number of hydrogen-bond donors (Lipinski definition) is 1. The van der Waals surface area contributed by atoms with E-state index in [2.05, 4.69) is 15.3 Å². The number of rotatable bonds is 6. The van der Waals surface area contributed by atoms with Crippen LogP contribution in [0.25, 0.3) is 22.6 Å². The van der Waals surface area contributed by atoms with Gasteiger partial charge in [0.15, 0.2) is 5.82 Å². The van der Waals surface area contributed by atoms with Gasteiger partial charge in [0.1, 0.15) is 0 Å². The van der Waals surface area contributed by atoms with Crippen molar-refractivity contribution >= 4 is 17.6 Å². The molecule has 0 spiro atoms. The maximum atomic E-state index is 13.1. The molecule has 4 rings (SSSR count). The minimum atomic E-state index is -0.407. The van der Waals surface area contributed by atoms with Crippen LogP contribution < -0.4 is 5.32 Å². The number of pyridine rings is 1. The first-order valence-electron chi connectivity index (χ1n) is 10.5. The van der Waals surface area contributed by atoms with E-state index in [4.69, 9.17) is 9.72 Å². The average Bonchev–Trinajstić information content (AvgIpc) is 2.85. The first kappa shape index (κ1) is 21.8. The van der Waals surface area contributed by atoms with Crippen LogP contribution in [0.2, 0.25) is 0 Å². The zero-order chi connectivity index (χ0) is 23.2. The van der Waals surface area contributed by atoms with Crippen LogP contribution in [0.4, 0.5) is 5.69 Å². The summed E-state index contributed by atoms with van der Waals surface area (Å²) in [6.07, 6.45) is 4.83. The zero-order valence-corrected chi connectivity index (χ0v) is 18.3. The molecule has 7 heteroatoms. The number of nitrogens with one attached hydrogen (secondary N) is 1. The molecule has 4 aromatic rings. The molecule has 0 aliphatic heterocycles. The number of carbonyl (C=O) groups excluding carboxylic acids is 2. The highest BCUT2D eigenvalue weighted by atomic mass is 16.5. The first-order valence-corrected chi connectivity index (χ1v) is 10.5. The number of carbonyl (C=O) groups is 2. The Hall–Kier alpha value is -4.39. The normalized spacial score (nSPS) is 10.5. The summed E-state index contributed by atoms with van der Waals surface area (Å²) >= 11 is 0. The maximum Gasteiger partial charge on any atom is 0.338 e. The highest BCUT2D eigenvalue weighted by Gasteiger charge is 2.18. The fourth-order valence-electron chi connectivity index (χ4n) is 3.22. The Kier molecular flexibility index (Phi) is 6.50. The SMILES string of the molecule is CCOC(=O)c1ccc(NC(=O)c2cnc(-c3ccc(C)cc3)nc2-c2ccncc2)cc1. The van der Waals surface area contributed by atoms with E-state index in [9.17, 15) is 9.59 Å². The van der Waals surface area contributed by atoms with E-state index in [1.165, 1.54) is 6.20 Å². The van der Waals surface area contributed by atoms with Crippen LogP contribution >= 0.6 is 0 Å². The van der Waals surface area contributed by atoms with Gasteiger partial charge in [-0.2, -0.15) is 0 Å². The van der Waals surface area contributed by atoms with Gasteiger partial charge in [0, 0.05) is 35.4 Å². The molecular weight excluding hydrogens is 416 g/mol. The van der Waals surface area contributed by atoms with Crippen molar-refractivity contribution in [2.45, 2.75) is 13.8 Å². The number of amides is 1. The van der Waals surface area contributed by atoms with Crippen molar-refractivity contribution in [1.29, 1.82) is 0 Å². The molecule has 164 valence electrons. The van der Waals surface area contributed by atoms with E-state index in [1.54, 1.807) is 55.7 Å². The number of aromatic nitrogens is 3. The minimum Gasteiger partial charge on any atom is -0.462 e. The summed E-state index contributed by atoms with van der Waals surface area (Å²) < 4.78 is 4.99. The number of ether oxygens (including phenoxy) is 1. The van der Waals surface area contributed by atoms with Crippen molar-refractivity contribution in [1.82, 2.24) is 15.0 Å². The molecule has 2 heterocycles. The topological polar surface area (TPSA) is 94.1 Å². The summed E-state index contributed by atoms with van der Waals surface area (Å²) in [6.45, 7) is 4.06. The molecule has 33 heavy (non-hydrogen) atoms. The maximum absolute atomic E-state index is 13.1. The third-order valence-corrected chi connectivity index (χ3v) is 4.95. The van der Waals surface area contributed by atoms with Gasteiger partial charge in [-0.1, -0.05) is 29.8 Å². The van der Waals surface area contributed by atoms with Crippen LogP contribution in [-0.2, 0) is 4.74 Å². The molecule has 0 aliphatic carbocycles. The number of nitrogens with zero attached hydrogens (tertiary/aromatic N) is 3. The van der Waals surface area contributed by atoms with Gasteiger partial charge >= 0.3 is 5.97 Å². The Balaban J connectivity index is 1.65. The van der Waals surface area contributed by atoms with Crippen LogP contribution in [0.5, 0.6) is 0 Å². The zero-order valence-electron chi connectivity index (χ0n) is 18.3. The quantitative estimate of drug-likeness (QED) is 0.429. The third kappa shape index (κ3) is 5.10. The van der Waals surface area contributed by atoms with E-state index in [0.717, 1.165) is 16.7 Å². The van der Waals surface area contributed by atoms with E-state index < -0.39 is 5.97 Å². The Morgan fingerprint density at radius 2 is 1.61 bits per heavy atom. The lowest BCUT2D eigenvalue weighted by Crippen LogP contribution is -2.15. The van der Waals surface area contributed by atoms with Crippen LogP contribution in [-0.4, -0.2) is 33.4 Å². The van der Waals surface area contributed by atoms with E-state index in [1.807, 2.05) is 31.2 Å².